The van der Waals surface area contributed by atoms with Crippen molar-refractivity contribution in [3.63, 3.8) is 0 Å². The number of aryl methyl sites for hydroxylation is 2. The van der Waals surface area contributed by atoms with Crippen molar-refractivity contribution in [1.82, 2.24) is 9.55 Å². The molecule has 0 bridgehead atoms. The Balaban J connectivity index is 2.28. The molecule has 0 aliphatic carbocycles. The normalized spacial score (nSPS) is 14.1. The lowest BCUT2D eigenvalue weighted by atomic mass is 10.3. The van der Waals surface area contributed by atoms with Crippen LogP contribution in [0.2, 0.25) is 5.02 Å². The third kappa shape index (κ3) is 1.55. The monoisotopic (exact) mass is 250 g/mol. The molecule has 1 aliphatic rings. The first-order valence-corrected chi connectivity index (χ1v) is 6.58. The maximum absolute atomic E-state index is 6.03. The van der Waals surface area contributed by atoms with E-state index in [1.54, 1.807) is 0 Å². The van der Waals surface area contributed by atoms with Gasteiger partial charge in [0.2, 0.25) is 0 Å². The van der Waals surface area contributed by atoms with Gasteiger partial charge in [-0.25, -0.2) is 4.98 Å². The van der Waals surface area contributed by atoms with Crippen molar-refractivity contribution in [3.8, 4) is 5.69 Å². The molecule has 0 saturated heterocycles. The molecule has 0 fully saturated rings. The minimum absolute atomic E-state index is 0.799. The fraction of sp³-hybridized carbons (Fsp3) is 0.250. The number of aromatic nitrogens is 2. The number of imidazole rings is 1. The standard InChI is InChI=1S/C12H11ClN2S/c1-8-7-14-12-4-5-16-11-6-9(13)2-3-10(11)15(8)12/h2-3,6-7H,4-5H2,1H3. The first kappa shape index (κ1) is 10.2. The van der Waals surface area contributed by atoms with Gasteiger partial charge in [0.25, 0.3) is 0 Å². The predicted molar refractivity (Wildman–Crippen MR) is 67.7 cm³/mol. The van der Waals surface area contributed by atoms with Gasteiger partial charge in [-0.1, -0.05) is 11.6 Å². The number of fused-ring (bicyclic) bond motifs is 3. The van der Waals surface area contributed by atoms with Crippen LogP contribution in [-0.4, -0.2) is 15.3 Å². The van der Waals surface area contributed by atoms with Crippen LogP contribution in [-0.2, 0) is 6.42 Å². The van der Waals surface area contributed by atoms with Gasteiger partial charge in [0.05, 0.1) is 5.69 Å². The fourth-order valence-electron chi connectivity index (χ4n) is 2.03. The summed E-state index contributed by atoms with van der Waals surface area (Å²) in [5.74, 6) is 2.20. The molecule has 2 heterocycles. The van der Waals surface area contributed by atoms with Crippen molar-refractivity contribution >= 4 is 23.4 Å². The average molecular weight is 251 g/mol. The zero-order valence-corrected chi connectivity index (χ0v) is 10.5. The van der Waals surface area contributed by atoms with Crippen molar-refractivity contribution in [3.05, 3.63) is 40.9 Å². The van der Waals surface area contributed by atoms with Gasteiger partial charge in [-0.05, 0) is 25.1 Å². The molecule has 3 rings (SSSR count). The lowest BCUT2D eigenvalue weighted by molar-refractivity contribution is 0.875. The summed E-state index contributed by atoms with van der Waals surface area (Å²) in [5.41, 5.74) is 2.39. The SMILES string of the molecule is Cc1cnc2n1-c1ccc(Cl)cc1SCC2. The Labute approximate surface area is 104 Å². The fourth-order valence-corrected chi connectivity index (χ4v) is 3.29. The highest BCUT2D eigenvalue weighted by Crippen LogP contribution is 2.33. The van der Waals surface area contributed by atoms with Crippen LogP contribution in [0.15, 0.2) is 29.3 Å². The topological polar surface area (TPSA) is 17.8 Å². The molecule has 0 N–H and O–H groups in total. The van der Waals surface area contributed by atoms with E-state index in [0.717, 1.165) is 23.0 Å². The Hall–Kier alpha value is -0.930. The summed E-state index contributed by atoms with van der Waals surface area (Å²) >= 11 is 7.88. The molecular weight excluding hydrogens is 240 g/mol. The first-order chi connectivity index (χ1) is 7.75. The highest BCUT2D eigenvalue weighted by Gasteiger charge is 2.16. The zero-order chi connectivity index (χ0) is 11.1. The Morgan fingerprint density at radius 2 is 2.31 bits per heavy atom. The molecule has 1 aliphatic heterocycles. The Morgan fingerprint density at radius 3 is 3.19 bits per heavy atom. The maximum atomic E-state index is 6.03. The molecule has 2 nitrogen and oxygen atoms in total. The van der Waals surface area contributed by atoms with Crippen LogP contribution >= 0.6 is 23.4 Å². The van der Waals surface area contributed by atoms with E-state index in [2.05, 4.69) is 22.5 Å². The second-order valence-electron chi connectivity index (χ2n) is 3.86. The van der Waals surface area contributed by atoms with E-state index in [-0.39, 0.29) is 0 Å². The number of halogens is 1. The molecule has 0 unspecified atom stereocenters. The maximum Gasteiger partial charge on any atom is 0.114 e. The molecular formula is C12H11ClN2S. The van der Waals surface area contributed by atoms with E-state index in [1.165, 1.54) is 16.3 Å². The molecule has 0 atom stereocenters. The number of rotatable bonds is 0. The molecule has 2 aromatic rings. The molecule has 0 radical (unpaired) electrons. The van der Waals surface area contributed by atoms with E-state index in [9.17, 15) is 0 Å². The molecule has 0 spiro atoms. The number of thioether (sulfide) groups is 1. The lowest BCUT2D eigenvalue weighted by Gasteiger charge is -2.10. The molecule has 16 heavy (non-hydrogen) atoms. The summed E-state index contributed by atoms with van der Waals surface area (Å²) in [6.45, 7) is 2.09. The van der Waals surface area contributed by atoms with E-state index < -0.39 is 0 Å². The summed E-state index contributed by atoms with van der Waals surface area (Å²) < 4.78 is 2.23. The summed E-state index contributed by atoms with van der Waals surface area (Å²) in [4.78, 5) is 5.70. The quantitative estimate of drug-likeness (QED) is 0.712. The lowest BCUT2D eigenvalue weighted by Crippen LogP contribution is -2.02. The van der Waals surface area contributed by atoms with E-state index in [0.29, 0.717) is 0 Å². The van der Waals surface area contributed by atoms with Gasteiger partial charge in [-0.2, -0.15) is 0 Å². The summed E-state index contributed by atoms with van der Waals surface area (Å²) in [7, 11) is 0. The zero-order valence-electron chi connectivity index (χ0n) is 8.90. The van der Waals surface area contributed by atoms with Gasteiger partial charge in [0.1, 0.15) is 5.82 Å². The van der Waals surface area contributed by atoms with Crippen molar-refractivity contribution in [2.45, 2.75) is 18.2 Å². The Morgan fingerprint density at radius 1 is 1.44 bits per heavy atom. The second-order valence-corrected chi connectivity index (χ2v) is 5.43. The van der Waals surface area contributed by atoms with Gasteiger partial charge in [0, 0.05) is 34.0 Å². The molecule has 4 heteroatoms. The highest BCUT2D eigenvalue weighted by atomic mass is 35.5. The highest BCUT2D eigenvalue weighted by molar-refractivity contribution is 7.99. The average Bonchev–Trinajstić information content (AvgIpc) is 2.53. The molecule has 82 valence electrons. The third-order valence-corrected chi connectivity index (χ3v) is 4.04. The predicted octanol–water partition coefficient (Wildman–Crippen LogP) is 3.48. The van der Waals surface area contributed by atoms with Crippen LogP contribution in [0.3, 0.4) is 0 Å². The molecule has 1 aromatic carbocycles. The van der Waals surface area contributed by atoms with Crippen LogP contribution in [0.1, 0.15) is 11.5 Å². The van der Waals surface area contributed by atoms with Gasteiger partial charge >= 0.3 is 0 Å². The largest absolute Gasteiger partial charge is 0.300 e. The van der Waals surface area contributed by atoms with Crippen LogP contribution in [0, 0.1) is 6.92 Å². The van der Waals surface area contributed by atoms with Crippen molar-refractivity contribution in [2.24, 2.45) is 0 Å². The van der Waals surface area contributed by atoms with Gasteiger partial charge in [0.15, 0.2) is 0 Å². The van der Waals surface area contributed by atoms with Crippen LogP contribution in [0.25, 0.3) is 5.69 Å². The third-order valence-electron chi connectivity index (χ3n) is 2.76. The van der Waals surface area contributed by atoms with Gasteiger partial charge in [-0.3, -0.25) is 4.57 Å². The number of nitrogens with zero attached hydrogens (tertiary/aromatic N) is 2. The van der Waals surface area contributed by atoms with Crippen molar-refractivity contribution in [1.29, 1.82) is 0 Å². The number of hydrogen-bond acceptors (Lipinski definition) is 2. The minimum atomic E-state index is 0.799. The summed E-state index contributed by atoms with van der Waals surface area (Å²) in [6, 6.07) is 6.06. The van der Waals surface area contributed by atoms with Crippen molar-refractivity contribution in [2.75, 3.05) is 5.75 Å². The summed E-state index contributed by atoms with van der Waals surface area (Å²) in [6.07, 6.45) is 2.94. The summed E-state index contributed by atoms with van der Waals surface area (Å²) in [5, 5.41) is 0.799. The molecule has 0 saturated carbocycles. The van der Waals surface area contributed by atoms with Crippen LogP contribution < -0.4 is 0 Å². The first-order valence-electron chi connectivity index (χ1n) is 5.21. The number of benzene rings is 1. The van der Waals surface area contributed by atoms with Crippen LogP contribution in [0.5, 0.6) is 0 Å². The minimum Gasteiger partial charge on any atom is -0.300 e. The van der Waals surface area contributed by atoms with Gasteiger partial charge < -0.3 is 0 Å². The van der Waals surface area contributed by atoms with E-state index in [1.807, 2.05) is 30.1 Å². The Bertz CT molecular complexity index is 548. The van der Waals surface area contributed by atoms with E-state index in [4.69, 9.17) is 11.6 Å². The molecule has 1 aromatic heterocycles. The smallest absolute Gasteiger partial charge is 0.114 e. The Kier molecular flexibility index (Phi) is 2.45. The second kappa shape index (κ2) is 3.82. The van der Waals surface area contributed by atoms with E-state index >= 15 is 0 Å². The van der Waals surface area contributed by atoms with Crippen LogP contribution in [0.4, 0.5) is 0 Å². The molecule has 0 amide bonds. The van der Waals surface area contributed by atoms with Gasteiger partial charge in [-0.15, -0.1) is 11.8 Å². The van der Waals surface area contributed by atoms with Crippen molar-refractivity contribution < 1.29 is 0 Å². The number of hydrogen-bond donors (Lipinski definition) is 0.